The minimum absolute atomic E-state index is 0.318. The van der Waals surface area contributed by atoms with Gasteiger partial charge in [0.2, 0.25) is 0 Å². The van der Waals surface area contributed by atoms with E-state index in [1.54, 1.807) is 22.6 Å². The molecule has 0 aliphatic carbocycles. The van der Waals surface area contributed by atoms with E-state index in [2.05, 4.69) is 53.0 Å². The van der Waals surface area contributed by atoms with Crippen LogP contribution in [0.4, 0.5) is 5.82 Å². The fraction of sp³-hybridized carbons (Fsp3) is 0.273. The van der Waals surface area contributed by atoms with Crippen LogP contribution in [-0.2, 0) is 7.05 Å². The van der Waals surface area contributed by atoms with E-state index in [4.69, 9.17) is 10.2 Å². The third-order valence-electron chi connectivity index (χ3n) is 3.61. The largest absolute Gasteiger partial charge is 0.365 e. The van der Waals surface area contributed by atoms with Gasteiger partial charge in [0.25, 0.3) is 0 Å². The summed E-state index contributed by atoms with van der Waals surface area (Å²) in [5, 5.41) is 26.2. The van der Waals surface area contributed by atoms with E-state index in [9.17, 15) is 0 Å². The van der Waals surface area contributed by atoms with Gasteiger partial charge in [-0.05, 0) is 36.0 Å². The van der Waals surface area contributed by atoms with Gasteiger partial charge in [-0.25, -0.2) is 9.67 Å². The van der Waals surface area contributed by atoms with Crippen LogP contribution in [0.15, 0.2) is 89.3 Å². The number of rotatable bonds is 8. The number of aryl methyl sites for hydroxylation is 1. The van der Waals surface area contributed by atoms with Crippen LogP contribution >= 0.6 is 11.8 Å². The standard InChI is InChI=1S/C17H22N4S.C5H8O2/c1-4-14(2)10-11-18-17-9-8-16(20-21(17)3)19-13-15-7-5-6-12-22-15;1-2-3-4-5(6)7/h4,6-12,14H,1,5,13H2,2-3H3,(H,19,20);2-7H,1H2/b11-10+,18-17?;4-3+. The molecule has 1 atom stereocenters. The molecule has 0 aromatic carbocycles. The maximum Gasteiger partial charge on any atom is 0.171 e. The third-order valence-corrected chi connectivity index (χ3v) is 4.55. The Morgan fingerprint density at radius 3 is 2.69 bits per heavy atom. The quantitative estimate of drug-likeness (QED) is 0.344. The summed E-state index contributed by atoms with van der Waals surface area (Å²) in [6.07, 6.45) is 13.9. The van der Waals surface area contributed by atoms with Crippen molar-refractivity contribution in [2.75, 3.05) is 11.9 Å². The molecule has 1 aliphatic rings. The fourth-order valence-corrected chi connectivity index (χ4v) is 2.70. The van der Waals surface area contributed by atoms with Crippen molar-refractivity contribution in [1.29, 1.82) is 0 Å². The van der Waals surface area contributed by atoms with Crippen molar-refractivity contribution in [1.82, 2.24) is 9.78 Å². The first kappa shape index (κ1) is 24.4. The first-order valence-electron chi connectivity index (χ1n) is 9.23. The summed E-state index contributed by atoms with van der Waals surface area (Å²) in [5.74, 6) is 1.17. The van der Waals surface area contributed by atoms with Gasteiger partial charge in [-0.2, -0.15) is 5.10 Å². The molecular formula is C22H30N4O2S. The van der Waals surface area contributed by atoms with Gasteiger partial charge in [-0.1, -0.05) is 50.0 Å². The minimum Gasteiger partial charge on any atom is -0.365 e. The number of nitrogens with one attached hydrogen (secondary N) is 1. The molecule has 0 bridgehead atoms. The zero-order valence-corrected chi connectivity index (χ0v) is 17.8. The van der Waals surface area contributed by atoms with Gasteiger partial charge >= 0.3 is 0 Å². The predicted octanol–water partition coefficient (Wildman–Crippen LogP) is 3.64. The van der Waals surface area contributed by atoms with Gasteiger partial charge in [-0.3, -0.25) is 0 Å². The second kappa shape index (κ2) is 14.4. The number of aliphatic hydroxyl groups is 2. The van der Waals surface area contributed by atoms with Crippen LogP contribution in [0.3, 0.4) is 0 Å². The lowest BCUT2D eigenvalue weighted by Gasteiger charge is -2.10. The van der Waals surface area contributed by atoms with Crippen molar-refractivity contribution < 1.29 is 10.2 Å². The Morgan fingerprint density at radius 2 is 2.14 bits per heavy atom. The number of aliphatic hydroxyl groups excluding tert-OH is 1. The first-order valence-corrected chi connectivity index (χ1v) is 10.1. The van der Waals surface area contributed by atoms with E-state index in [1.807, 2.05) is 31.3 Å². The molecule has 1 aromatic rings. The van der Waals surface area contributed by atoms with Crippen molar-refractivity contribution in [2.45, 2.75) is 19.6 Å². The van der Waals surface area contributed by atoms with Crippen LogP contribution in [0.25, 0.3) is 0 Å². The van der Waals surface area contributed by atoms with Crippen molar-refractivity contribution in [2.24, 2.45) is 18.0 Å². The fourth-order valence-electron chi connectivity index (χ4n) is 1.97. The highest BCUT2D eigenvalue weighted by molar-refractivity contribution is 8.05. The van der Waals surface area contributed by atoms with Crippen LogP contribution in [0.5, 0.6) is 0 Å². The molecule has 2 heterocycles. The highest BCUT2D eigenvalue weighted by Gasteiger charge is 2.01. The van der Waals surface area contributed by atoms with Crippen LogP contribution in [0.1, 0.15) is 13.3 Å². The monoisotopic (exact) mass is 414 g/mol. The summed E-state index contributed by atoms with van der Waals surface area (Å²) in [6.45, 7) is 9.94. The Labute approximate surface area is 177 Å². The first-order chi connectivity index (χ1) is 14.0. The maximum atomic E-state index is 8.10. The molecule has 29 heavy (non-hydrogen) atoms. The molecule has 0 fully saturated rings. The molecule has 0 saturated carbocycles. The summed E-state index contributed by atoms with van der Waals surface area (Å²) in [7, 11) is 1.89. The van der Waals surface area contributed by atoms with Crippen molar-refractivity contribution >= 4 is 17.6 Å². The molecule has 0 saturated heterocycles. The Balaban J connectivity index is 0.000000516. The average Bonchev–Trinajstić information content (AvgIpc) is 2.73. The molecular weight excluding hydrogens is 384 g/mol. The van der Waals surface area contributed by atoms with Crippen molar-refractivity contribution in [3.8, 4) is 0 Å². The SMILES string of the molecule is C=C/C=C/C(O)O.C=CC(C)/C=C/N=c1ccc(NCC2=CCC=CS2)nn1C. The second-order valence-corrected chi connectivity index (χ2v) is 7.08. The lowest BCUT2D eigenvalue weighted by molar-refractivity contribution is 0.00238. The van der Waals surface area contributed by atoms with Gasteiger partial charge < -0.3 is 15.5 Å². The Bertz CT molecular complexity index is 835. The van der Waals surface area contributed by atoms with Crippen LogP contribution < -0.4 is 10.8 Å². The number of thioether (sulfide) groups is 1. The molecule has 1 unspecified atom stereocenters. The Kier molecular flexibility index (Phi) is 12.1. The lowest BCUT2D eigenvalue weighted by Crippen LogP contribution is -2.21. The third kappa shape index (κ3) is 11.1. The van der Waals surface area contributed by atoms with E-state index in [1.165, 1.54) is 23.1 Å². The highest BCUT2D eigenvalue weighted by Crippen LogP contribution is 2.22. The molecule has 7 heteroatoms. The summed E-state index contributed by atoms with van der Waals surface area (Å²) < 4.78 is 1.77. The molecule has 6 nitrogen and oxygen atoms in total. The van der Waals surface area contributed by atoms with Gasteiger partial charge in [0.1, 0.15) is 11.3 Å². The summed E-state index contributed by atoms with van der Waals surface area (Å²) in [5.41, 5.74) is 0.812. The number of aromatic nitrogens is 2. The van der Waals surface area contributed by atoms with Crippen molar-refractivity contribution in [3.05, 3.63) is 89.8 Å². The summed E-state index contributed by atoms with van der Waals surface area (Å²) in [6, 6.07) is 3.91. The summed E-state index contributed by atoms with van der Waals surface area (Å²) in [4.78, 5) is 5.73. The minimum atomic E-state index is -1.35. The molecule has 1 aromatic heterocycles. The van der Waals surface area contributed by atoms with Crippen LogP contribution in [0, 0.1) is 5.92 Å². The van der Waals surface area contributed by atoms with E-state index in [-0.39, 0.29) is 0 Å². The van der Waals surface area contributed by atoms with Gasteiger partial charge in [-0.15, -0.1) is 18.3 Å². The highest BCUT2D eigenvalue weighted by atomic mass is 32.2. The molecule has 0 radical (unpaired) electrons. The van der Waals surface area contributed by atoms with Crippen molar-refractivity contribution in [3.63, 3.8) is 0 Å². The predicted molar refractivity (Wildman–Crippen MR) is 123 cm³/mol. The lowest BCUT2D eigenvalue weighted by atomic mass is 10.2. The zero-order valence-electron chi connectivity index (χ0n) is 17.0. The molecule has 3 N–H and O–H groups in total. The van der Waals surface area contributed by atoms with E-state index >= 15 is 0 Å². The van der Waals surface area contributed by atoms with E-state index in [0.29, 0.717) is 5.92 Å². The second-order valence-electron chi connectivity index (χ2n) is 6.05. The topological polar surface area (TPSA) is 82.7 Å². The summed E-state index contributed by atoms with van der Waals surface area (Å²) >= 11 is 1.75. The van der Waals surface area contributed by atoms with E-state index in [0.717, 1.165) is 24.3 Å². The normalized spacial score (nSPS) is 15.2. The van der Waals surface area contributed by atoms with Crippen LogP contribution in [0.2, 0.25) is 0 Å². The number of nitrogens with zero attached hydrogens (tertiary/aromatic N) is 3. The Morgan fingerprint density at radius 1 is 1.34 bits per heavy atom. The molecule has 2 rings (SSSR count). The van der Waals surface area contributed by atoms with Gasteiger partial charge in [0.15, 0.2) is 6.29 Å². The Hall–Kier alpha value is -2.61. The van der Waals surface area contributed by atoms with Gasteiger partial charge in [0.05, 0.1) is 0 Å². The molecule has 0 amide bonds. The molecule has 156 valence electrons. The number of allylic oxidation sites excluding steroid dienone is 6. The molecule has 0 spiro atoms. The maximum absolute atomic E-state index is 8.10. The van der Waals surface area contributed by atoms with Gasteiger partial charge in [0, 0.05) is 24.7 Å². The number of hydrogen-bond donors (Lipinski definition) is 3. The van der Waals surface area contributed by atoms with E-state index < -0.39 is 6.29 Å². The molecule has 1 aliphatic heterocycles. The average molecular weight is 415 g/mol. The zero-order chi connectivity index (χ0) is 21.5. The number of anilines is 1. The smallest absolute Gasteiger partial charge is 0.171 e. The number of hydrogen-bond acceptors (Lipinski definition) is 6. The van der Waals surface area contributed by atoms with Crippen LogP contribution in [-0.4, -0.2) is 32.8 Å².